The highest BCUT2D eigenvalue weighted by molar-refractivity contribution is 7.87. The van der Waals surface area contributed by atoms with Crippen molar-refractivity contribution in [1.29, 1.82) is 0 Å². The molecule has 15 N–H and O–H groups in total. The highest BCUT2D eigenvalue weighted by Gasteiger charge is 2.25. The molecule has 1 heterocycles. The van der Waals surface area contributed by atoms with Crippen molar-refractivity contribution in [1.82, 2.24) is 37.2 Å². The molecule has 0 atom stereocenters. The fourth-order valence-corrected chi connectivity index (χ4v) is 12.4. The maximum Gasteiger partial charge on any atom is 0.407 e. The van der Waals surface area contributed by atoms with Gasteiger partial charge in [0.1, 0.15) is 12.2 Å². The first kappa shape index (κ1) is 95.0. The van der Waals surface area contributed by atoms with E-state index in [1.54, 1.807) is 32.0 Å². The predicted octanol–water partition coefficient (Wildman–Crippen LogP) is 3.52. The molecule has 0 aliphatic carbocycles. The molecule has 0 bridgehead atoms. The first-order chi connectivity index (χ1) is 51.9. The molecule has 111 heavy (non-hydrogen) atoms. The van der Waals surface area contributed by atoms with Crippen LogP contribution in [0.3, 0.4) is 0 Å². The number of carbonyl (C=O) groups excluding carboxylic acids is 3. The number of nitrogens with one attached hydrogen (secondary N) is 6. The van der Waals surface area contributed by atoms with Crippen molar-refractivity contribution in [2.24, 2.45) is 5.73 Å². The molecule has 1 aliphatic heterocycles. The Morgan fingerprint density at radius 2 is 0.775 bits per heavy atom. The van der Waals surface area contributed by atoms with Crippen molar-refractivity contribution in [3.63, 3.8) is 0 Å². The fourth-order valence-electron chi connectivity index (χ4n) is 9.51. The van der Waals surface area contributed by atoms with Crippen LogP contribution in [0.5, 0.6) is 51.7 Å². The van der Waals surface area contributed by atoms with Crippen LogP contribution in [0.25, 0.3) is 0 Å². The molecule has 0 saturated carbocycles. The van der Waals surface area contributed by atoms with Crippen LogP contribution in [0.15, 0.2) is 60.2 Å². The smallest absolute Gasteiger partial charge is 0.407 e. The van der Waals surface area contributed by atoms with Gasteiger partial charge in [-0.3, -0.25) is 41.9 Å². The van der Waals surface area contributed by atoms with Crippen molar-refractivity contribution in [3.8, 4) is 51.7 Å². The lowest BCUT2D eigenvalue weighted by Gasteiger charge is -2.20. The quantitative estimate of drug-likeness (QED) is 0.0284. The number of amides is 3. The minimum absolute atomic E-state index is 0.0222. The Morgan fingerprint density at radius 1 is 0.432 bits per heavy atom. The third-order valence-corrected chi connectivity index (χ3v) is 19.3. The number of hydrogen-bond acceptors (Lipinski definition) is 31. The number of ether oxygens (including phenoxy) is 10. The van der Waals surface area contributed by atoms with Crippen LogP contribution in [-0.2, 0) is 65.4 Å². The Labute approximate surface area is 645 Å². The van der Waals surface area contributed by atoms with Crippen molar-refractivity contribution < 1.29 is 149 Å². The van der Waals surface area contributed by atoms with Gasteiger partial charge in [-0.15, -0.1) is 5.53 Å². The van der Waals surface area contributed by atoms with Crippen LogP contribution in [0.2, 0.25) is 0 Å². The number of benzene rings is 3. The molecule has 4 rings (SSSR count). The number of aromatic carboxylic acids is 1. The molecule has 3 amide bonds. The minimum atomic E-state index is -4.38. The van der Waals surface area contributed by atoms with Crippen LogP contribution in [0.4, 0.5) is 4.79 Å². The number of nitrogens with zero attached hydrogens (tertiary/aromatic N) is 1. The second-order valence-electron chi connectivity index (χ2n) is 25.5. The van der Waals surface area contributed by atoms with Gasteiger partial charge in [0.05, 0.1) is 99.5 Å². The lowest BCUT2D eigenvalue weighted by Crippen LogP contribution is -2.38. The number of allylic oxidation sites excluding steroid dienone is 2. The molecule has 3 aromatic carbocycles. The first-order valence-electron chi connectivity index (χ1n) is 34.7. The Hall–Kier alpha value is -8.36. The van der Waals surface area contributed by atoms with Crippen LogP contribution in [0.1, 0.15) is 142 Å². The van der Waals surface area contributed by atoms with E-state index in [9.17, 15) is 102 Å². The normalized spacial score (nSPS) is 12.9. The molecule has 630 valence electrons. The highest BCUT2D eigenvalue weighted by atomic mass is 32.2. The molecule has 0 spiro atoms. The van der Waals surface area contributed by atoms with Gasteiger partial charge in [-0.25, -0.2) is 9.59 Å². The molecule has 1 aliphatic rings. The molecular formula is C64H100N8O33S6. The summed E-state index contributed by atoms with van der Waals surface area (Å²) in [5.74, 6) is -7.56. The number of alkyl carbamates (subject to hydrolysis) is 1. The second kappa shape index (κ2) is 46.6. The molecule has 41 nitrogen and oxygen atoms in total. The summed E-state index contributed by atoms with van der Waals surface area (Å²) in [7, 11) is -26.3. The van der Waals surface area contributed by atoms with Crippen molar-refractivity contribution in [3.05, 3.63) is 76.9 Å². The zero-order valence-electron chi connectivity index (χ0n) is 61.4. The molecule has 47 heteroatoms. The van der Waals surface area contributed by atoms with Gasteiger partial charge in [-0.1, -0.05) is 0 Å². The summed E-state index contributed by atoms with van der Waals surface area (Å²) in [4.78, 5) is 51.9. The van der Waals surface area contributed by atoms with Gasteiger partial charge in [-0.05, 0) is 147 Å². The number of hydrazine groups is 2. The summed E-state index contributed by atoms with van der Waals surface area (Å²) in [6.45, 7) is 4.08. The topological polar surface area (TPSA) is 608 Å². The van der Waals surface area contributed by atoms with Gasteiger partial charge in [0.2, 0.25) is 17.2 Å². The van der Waals surface area contributed by atoms with E-state index in [0.29, 0.717) is 70.2 Å². The molecule has 3 aromatic rings. The monoisotopic (exact) mass is 1700 g/mol. The van der Waals surface area contributed by atoms with Crippen LogP contribution in [0, 0.1) is 0 Å². The molecule has 0 radical (unpaired) electrons. The van der Waals surface area contributed by atoms with E-state index in [4.69, 9.17) is 53.1 Å². The Balaban J connectivity index is 1.34. The van der Waals surface area contributed by atoms with Gasteiger partial charge in [-0.2, -0.15) is 50.5 Å². The molecule has 0 aromatic heterocycles. The van der Waals surface area contributed by atoms with Crippen molar-refractivity contribution in [2.45, 2.75) is 116 Å². The zero-order valence-corrected chi connectivity index (χ0v) is 66.3. The number of carboxylic acid groups (broad SMARTS) is 1. The Bertz CT molecular complexity index is 4190. The van der Waals surface area contributed by atoms with E-state index in [2.05, 4.69) is 32.2 Å². The van der Waals surface area contributed by atoms with Gasteiger partial charge < -0.3 is 84.9 Å². The summed E-state index contributed by atoms with van der Waals surface area (Å²) in [6, 6.07) is 7.52. The Morgan fingerprint density at radius 3 is 1.14 bits per heavy atom. The Kier molecular flexibility index (Phi) is 39.9. The highest BCUT2D eigenvalue weighted by Crippen LogP contribution is 2.42. The van der Waals surface area contributed by atoms with Crippen molar-refractivity contribution >= 4 is 84.6 Å². The summed E-state index contributed by atoms with van der Waals surface area (Å²) in [5.41, 5.74) is 12.6. The van der Waals surface area contributed by atoms with Crippen molar-refractivity contribution in [2.75, 3.05) is 127 Å². The lowest BCUT2D eigenvalue weighted by molar-refractivity contribution is 0.0518. The van der Waals surface area contributed by atoms with E-state index in [-0.39, 0.29) is 186 Å². The minimum Gasteiger partial charge on any atom is -0.490 e. The summed E-state index contributed by atoms with van der Waals surface area (Å²) < 4.78 is 249. The average molecular weight is 1700 g/mol. The van der Waals surface area contributed by atoms with Crippen LogP contribution >= 0.6 is 0 Å². The lowest BCUT2D eigenvalue weighted by atomic mass is 10.1. The van der Waals surface area contributed by atoms with E-state index in [0.717, 1.165) is 5.70 Å². The fraction of sp³-hybridized carbons (Fsp3) is 0.594. The largest absolute Gasteiger partial charge is 0.490 e. The molecule has 0 unspecified atom stereocenters. The number of unbranched alkanes of at least 4 members (excludes halogenated alkanes) is 2. The molecular weight excluding hydrogens is 1600 g/mol. The van der Waals surface area contributed by atoms with Gasteiger partial charge in [0.25, 0.3) is 72.5 Å². The number of rotatable bonds is 58. The zero-order chi connectivity index (χ0) is 82.5. The third-order valence-electron chi connectivity index (χ3n) is 14.5. The SMILES string of the molecule is CC(C)(C)OC(=O)NCCOc1c(OCCCCC2=CN(CCCNC(=O)c3cc(OCCCS(=O)(=O)O)c(OCCCS(=O)(=O)O)c(OCCCS(=O)(=O)O)c3)NN2)cc(C(=O)O)cc1OCCCC/C(N)=C/NCCCNC(=O)c1cc(OCCCS(=O)(=O)O)c(OCCCS(=O)(=O)O)c(OCCCS(=O)(=O)O)c1. The van der Waals surface area contributed by atoms with Gasteiger partial charge in [0, 0.05) is 61.1 Å². The summed E-state index contributed by atoms with van der Waals surface area (Å²) in [5, 5.41) is 23.0. The van der Waals surface area contributed by atoms with Crippen LogP contribution in [-0.4, -0.2) is 244 Å². The van der Waals surface area contributed by atoms with E-state index >= 15 is 0 Å². The average Bonchev–Trinajstić information content (AvgIpc) is 1.28. The first-order valence-corrected chi connectivity index (χ1v) is 44.4. The van der Waals surface area contributed by atoms with Gasteiger partial charge >= 0.3 is 12.1 Å². The third kappa shape index (κ3) is 43.3. The standard InChI is InChI=1S/C64H100N8O33S6/c1-64(2,3)105-63(77)69-21-31-104-59-55(96-23-6-4-16-49(65)44-66-18-8-19-67-60(73)46-38-51(98-25-10-32-106(78,79)80)57(102-29-14-36-110(90,91)92)52(39-46)99-26-11-33-107(81,82)83)42-48(62(75)76)43-56(59)97-24-7-5-17-50-45-72(71-70-50)22-9-20-68-61(74)47-40-53(100-27-12-34-108(84,85)86)58(103-30-15-37-111(93,94)95)54(41-47)101-28-13-35-109(87,88)89/h38-45,66,70-71H,4-37,65H2,1-3H3,(H,67,73)(H,68,74)(H,69,77)(H,75,76)(H,78,79,80)(H,81,82,83)(H,84,85,86)(H,87,88,89)(H,90,91,92)(H,93,94,95)/b49-44-. The van der Waals surface area contributed by atoms with Crippen LogP contribution < -0.4 is 80.6 Å². The summed E-state index contributed by atoms with van der Waals surface area (Å²) in [6.07, 6.45) is 5.06. The maximum atomic E-state index is 13.6. The molecule has 0 saturated heterocycles. The number of hydrogen-bond donors (Lipinski definition) is 14. The number of nitrogens with two attached hydrogens (primary N) is 1. The van der Waals surface area contributed by atoms with E-state index < -0.39 is 125 Å². The van der Waals surface area contributed by atoms with Gasteiger partial charge in [0.15, 0.2) is 34.5 Å². The predicted molar refractivity (Wildman–Crippen MR) is 399 cm³/mol. The number of carbonyl (C=O) groups is 4. The second-order valence-corrected chi connectivity index (χ2v) is 34.9. The van der Waals surface area contributed by atoms with E-state index in [1.165, 1.54) is 36.4 Å². The number of carboxylic acids is 1. The van der Waals surface area contributed by atoms with E-state index in [1.807, 2.05) is 6.20 Å². The maximum absolute atomic E-state index is 13.6. The molecule has 0 fully saturated rings. The summed E-state index contributed by atoms with van der Waals surface area (Å²) >= 11 is 0.